The van der Waals surface area contributed by atoms with Gasteiger partial charge in [0.1, 0.15) is 11.5 Å². The number of aromatic hydroxyl groups is 2. The zero-order chi connectivity index (χ0) is 11.7. The van der Waals surface area contributed by atoms with Crippen molar-refractivity contribution < 1.29 is 10.2 Å². The summed E-state index contributed by atoms with van der Waals surface area (Å²) in [6.45, 7) is 3.85. The normalized spacial score (nSPS) is 10.4. The molecule has 0 spiro atoms. The molecule has 0 atom stereocenters. The molecule has 0 heterocycles. The molecular weight excluding hydrogens is 200 g/mol. The van der Waals surface area contributed by atoms with Gasteiger partial charge in [-0.2, -0.15) is 0 Å². The second kappa shape index (κ2) is 3.89. The molecule has 0 amide bonds. The number of benzene rings is 2. The van der Waals surface area contributed by atoms with Crippen molar-refractivity contribution in [2.45, 2.75) is 13.8 Å². The molecule has 0 unspecified atom stereocenters. The van der Waals surface area contributed by atoms with Crippen LogP contribution in [0, 0.1) is 13.8 Å². The van der Waals surface area contributed by atoms with E-state index in [4.69, 9.17) is 0 Å². The summed E-state index contributed by atoms with van der Waals surface area (Å²) in [4.78, 5) is 0. The van der Waals surface area contributed by atoms with E-state index in [0.717, 1.165) is 22.3 Å². The Kier molecular flexibility index (Phi) is 2.57. The Morgan fingerprint density at radius 2 is 1.62 bits per heavy atom. The minimum atomic E-state index is 0.252. The maximum absolute atomic E-state index is 9.58. The van der Waals surface area contributed by atoms with Gasteiger partial charge in [-0.25, -0.2) is 0 Å². The second-order valence-corrected chi connectivity index (χ2v) is 3.93. The van der Waals surface area contributed by atoms with Gasteiger partial charge in [-0.1, -0.05) is 18.2 Å². The van der Waals surface area contributed by atoms with Crippen LogP contribution >= 0.6 is 0 Å². The Morgan fingerprint density at radius 1 is 0.875 bits per heavy atom. The molecule has 2 rings (SSSR count). The Balaban J connectivity index is 2.61. The molecule has 2 aromatic carbocycles. The molecule has 2 heteroatoms. The van der Waals surface area contributed by atoms with Gasteiger partial charge < -0.3 is 10.2 Å². The van der Waals surface area contributed by atoms with E-state index < -0.39 is 0 Å². The highest BCUT2D eigenvalue weighted by Crippen LogP contribution is 2.31. The number of hydrogen-bond donors (Lipinski definition) is 2. The van der Waals surface area contributed by atoms with Crippen molar-refractivity contribution in [3.05, 3.63) is 47.5 Å². The van der Waals surface area contributed by atoms with Gasteiger partial charge in [0, 0.05) is 0 Å². The predicted molar refractivity (Wildman–Crippen MR) is 64.7 cm³/mol. The lowest BCUT2D eigenvalue weighted by molar-refractivity contribution is 0.470. The molecule has 16 heavy (non-hydrogen) atoms. The first-order valence-electron chi connectivity index (χ1n) is 5.18. The molecule has 0 aromatic heterocycles. The van der Waals surface area contributed by atoms with Crippen LogP contribution in [0.25, 0.3) is 11.1 Å². The van der Waals surface area contributed by atoms with Crippen molar-refractivity contribution in [2.75, 3.05) is 0 Å². The molecule has 0 saturated carbocycles. The van der Waals surface area contributed by atoms with Crippen LogP contribution in [-0.2, 0) is 0 Å². The first-order chi connectivity index (χ1) is 7.59. The molecule has 2 N–H and O–H groups in total. The van der Waals surface area contributed by atoms with Crippen molar-refractivity contribution in [3.8, 4) is 22.6 Å². The van der Waals surface area contributed by atoms with Crippen LogP contribution in [0.4, 0.5) is 0 Å². The summed E-state index contributed by atoms with van der Waals surface area (Å²) in [6.07, 6.45) is 0. The average molecular weight is 214 g/mol. The van der Waals surface area contributed by atoms with E-state index in [0.29, 0.717) is 5.75 Å². The van der Waals surface area contributed by atoms with E-state index >= 15 is 0 Å². The van der Waals surface area contributed by atoms with Gasteiger partial charge in [0.15, 0.2) is 0 Å². The summed E-state index contributed by atoms with van der Waals surface area (Å²) in [5.41, 5.74) is 3.90. The molecule has 82 valence electrons. The monoisotopic (exact) mass is 214 g/mol. The smallest absolute Gasteiger partial charge is 0.118 e. The van der Waals surface area contributed by atoms with Gasteiger partial charge in [0.05, 0.1) is 0 Å². The summed E-state index contributed by atoms with van der Waals surface area (Å²) in [5.74, 6) is 0.559. The Hall–Kier alpha value is -1.96. The lowest BCUT2D eigenvalue weighted by Crippen LogP contribution is -1.87. The van der Waals surface area contributed by atoms with Crippen molar-refractivity contribution in [2.24, 2.45) is 0 Å². The van der Waals surface area contributed by atoms with Crippen molar-refractivity contribution in [1.29, 1.82) is 0 Å². The molecular formula is C14H14O2. The summed E-state index contributed by atoms with van der Waals surface area (Å²) in [6, 6.07) is 10.7. The van der Waals surface area contributed by atoms with Gasteiger partial charge in [0.2, 0.25) is 0 Å². The molecule has 0 bridgehead atoms. The third-order valence-corrected chi connectivity index (χ3v) is 2.92. The van der Waals surface area contributed by atoms with Crippen LogP contribution < -0.4 is 0 Å². The Morgan fingerprint density at radius 3 is 2.31 bits per heavy atom. The summed E-state index contributed by atoms with van der Waals surface area (Å²) < 4.78 is 0. The molecule has 2 aromatic rings. The van der Waals surface area contributed by atoms with Crippen molar-refractivity contribution >= 4 is 0 Å². The molecule has 0 radical (unpaired) electrons. The standard InChI is InChI=1S/C14H14O2/c1-9-10(2)14(16)7-6-13(9)11-4-3-5-12(15)8-11/h3-8,15-16H,1-2H3. The van der Waals surface area contributed by atoms with E-state index in [-0.39, 0.29) is 5.75 Å². The minimum absolute atomic E-state index is 0.252. The largest absolute Gasteiger partial charge is 0.508 e. The third-order valence-electron chi connectivity index (χ3n) is 2.92. The lowest BCUT2D eigenvalue weighted by Gasteiger charge is -2.10. The minimum Gasteiger partial charge on any atom is -0.508 e. The van der Waals surface area contributed by atoms with E-state index in [2.05, 4.69) is 0 Å². The quantitative estimate of drug-likeness (QED) is 0.764. The highest BCUT2D eigenvalue weighted by Gasteiger charge is 2.07. The van der Waals surface area contributed by atoms with Crippen molar-refractivity contribution in [3.63, 3.8) is 0 Å². The van der Waals surface area contributed by atoms with Crippen LogP contribution in [0.2, 0.25) is 0 Å². The van der Waals surface area contributed by atoms with Gasteiger partial charge in [-0.15, -0.1) is 0 Å². The highest BCUT2D eigenvalue weighted by atomic mass is 16.3. The Bertz CT molecular complexity index is 530. The fourth-order valence-corrected chi connectivity index (χ4v) is 1.79. The van der Waals surface area contributed by atoms with Gasteiger partial charge in [-0.05, 0) is 54.3 Å². The van der Waals surface area contributed by atoms with Gasteiger partial charge >= 0.3 is 0 Å². The molecule has 0 saturated heterocycles. The summed E-state index contributed by atoms with van der Waals surface area (Å²) in [7, 11) is 0. The number of phenols is 2. The topological polar surface area (TPSA) is 40.5 Å². The molecule has 0 aliphatic heterocycles. The van der Waals surface area contributed by atoms with Crippen LogP contribution in [0.5, 0.6) is 11.5 Å². The zero-order valence-electron chi connectivity index (χ0n) is 9.36. The molecule has 0 aliphatic rings. The van der Waals surface area contributed by atoms with E-state index in [1.54, 1.807) is 18.2 Å². The van der Waals surface area contributed by atoms with E-state index in [9.17, 15) is 10.2 Å². The first-order valence-corrected chi connectivity index (χ1v) is 5.18. The number of hydrogen-bond acceptors (Lipinski definition) is 2. The highest BCUT2D eigenvalue weighted by molar-refractivity contribution is 5.71. The zero-order valence-corrected chi connectivity index (χ0v) is 9.36. The molecule has 0 aliphatic carbocycles. The maximum Gasteiger partial charge on any atom is 0.118 e. The van der Waals surface area contributed by atoms with Crippen LogP contribution in [0.15, 0.2) is 36.4 Å². The second-order valence-electron chi connectivity index (χ2n) is 3.93. The van der Waals surface area contributed by atoms with E-state index in [1.165, 1.54) is 0 Å². The lowest BCUT2D eigenvalue weighted by atomic mass is 9.96. The fourth-order valence-electron chi connectivity index (χ4n) is 1.79. The number of rotatable bonds is 1. The fraction of sp³-hybridized carbons (Fsp3) is 0.143. The third kappa shape index (κ3) is 1.74. The summed E-state index contributed by atoms with van der Waals surface area (Å²) >= 11 is 0. The molecule has 0 fully saturated rings. The van der Waals surface area contributed by atoms with Gasteiger partial charge in [-0.3, -0.25) is 0 Å². The van der Waals surface area contributed by atoms with E-state index in [1.807, 2.05) is 32.0 Å². The number of phenolic OH excluding ortho intramolecular Hbond substituents is 2. The Labute approximate surface area is 94.8 Å². The van der Waals surface area contributed by atoms with Crippen molar-refractivity contribution in [1.82, 2.24) is 0 Å². The summed E-state index contributed by atoms with van der Waals surface area (Å²) in [5, 5.41) is 19.0. The molecule has 2 nitrogen and oxygen atoms in total. The van der Waals surface area contributed by atoms with Crippen LogP contribution in [0.1, 0.15) is 11.1 Å². The van der Waals surface area contributed by atoms with Crippen LogP contribution in [-0.4, -0.2) is 10.2 Å². The maximum atomic E-state index is 9.58. The first kappa shape index (κ1) is 10.6. The predicted octanol–water partition coefficient (Wildman–Crippen LogP) is 3.38. The van der Waals surface area contributed by atoms with Crippen LogP contribution in [0.3, 0.4) is 0 Å². The average Bonchev–Trinajstić information content (AvgIpc) is 2.26. The SMILES string of the molecule is Cc1c(O)ccc(-c2cccc(O)c2)c1C. The van der Waals surface area contributed by atoms with Gasteiger partial charge in [0.25, 0.3) is 0 Å².